The number of hydrogen-bond donors (Lipinski definition) is 14. The highest BCUT2D eigenvalue weighted by atomic mass is 35.5. The first-order valence-corrected chi connectivity index (χ1v) is 18.3. The van der Waals surface area contributed by atoms with Crippen LogP contribution in [0.15, 0.2) is 52.7 Å². The summed E-state index contributed by atoms with van der Waals surface area (Å²) < 4.78 is 114. The number of nitrogens with zero attached hydrogens (tertiary/aromatic N) is 3. The second-order valence-electron chi connectivity index (χ2n) is 6.01. The van der Waals surface area contributed by atoms with Gasteiger partial charge in [0.15, 0.2) is 5.82 Å². The third-order valence-corrected chi connectivity index (χ3v) is 1.95. The Bertz CT molecular complexity index is 1250. The molecular formula is C11H24ClF6N5O18P6. The Morgan fingerprint density at radius 1 is 0.489 bits per heavy atom. The summed E-state index contributed by atoms with van der Waals surface area (Å²) in [6, 6.07) is 12.7. The molecule has 16 N–H and O–H groups in total. The second kappa shape index (κ2) is 26.2. The van der Waals surface area contributed by atoms with E-state index in [2.05, 4.69) is 15.2 Å². The van der Waals surface area contributed by atoms with Gasteiger partial charge in [-0.3, -0.25) is 58.7 Å². The molecule has 0 bridgehead atoms. The predicted octanol–water partition coefficient (Wildman–Crippen LogP) is 3.37. The standard InChI is InChI=1S/C11H11N5.ClH.6FH2O3P/c12-10-7-6-9(11(13)14-10)16-15-8-4-2-1-3-5-8;;6*1-5(2,3)4/h1-7H,(H4,12,13,14);1H;6*(H2,2,3,4). The van der Waals surface area contributed by atoms with Crippen LogP contribution < -0.4 is 11.5 Å². The third-order valence-electron chi connectivity index (χ3n) is 1.95. The minimum atomic E-state index is -5.14. The van der Waals surface area contributed by atoms with Crippen LogP contribution in [-0.2, 0) is 27.4 Å². The van der Waals surface area contributed by atoms with Crippen LogP contribution in [-0.4, -0.2) is 63.7 Å². The highest BCUT2D eigenvalue weighted by Crippen LogP contribution is 2.37. The van der Waals surface area contributed by atoms with E-state index in [9.17, 15) is 25.2 Å². The van der Waals surface area contributed by atoms with E-state index < -0.39 is 47.4 Å². The quantitative estimate of drug-likeness (QED) is 0.117. The summed E-state index contributed by atoms with van der Waals surface area (Å²) in [4.78, 5) is 87.5. The molecule has 0 radical (unpaired) electrons. The summed E-state index contributed by atoms with van der Waals surface area (Å²) in [6.45, 7) is 0. The number of anilines is 2. The van der Waals surface area contributed by atoms with Crippen LogP contribution in [0.3, 0.4) is 0 Å². The fraction of sp³-hybridized carbons (Fsp3) is 0. The Balaban J connectivity index is -0.000000115. The Labute approximate surface area is 263 Å². The van der Waals surface area contributed by atoms with Crippen molar-refractivity contribution < 1.29 is 111 Å². The first kappa shape index (κ1) is 57.6. The number of rotatable bonds is 2. The molecule has 0 aliphatic carbocycles. The molecule has 23 nitrogen and oxygen atoms in total. The number of benzene rings is 1. The number of azo groups is 1. The van der Waals surface area contributed by atoms with Crippen molar-refractivity contribution in [2.75, 3.05) is 11.5 Å². The fourth-order valence-electron chi connectivity index (χ4n) is 1.17. The van der Waals surface area contributed by atoms with Crippen LogP contribution in [0.4, 0.5) is 48.2 Å². The van der Waals surface area contributed by atoms with E-state index in [1.807, 2.05) is 30.3 Å². The van der Waals surface area contributed by atoms with Gasteiger partial charge in [-0.15, -0.1) is 42.7 Å². The summed E-state index contributed by atoms with van der Waals surface area (Å²) in [5.74, 6) is 0.649. The highest BCUT2D eigenvalue weighted by molar-refractivity contribution is 7.46. The summed E-state index contributed by atoms with van der Waals surface area (Å²) in [5, 5.41) is 8.03. The average molecular weight is 850 g/mol. The van der Waals surface area contributed by atoms with Gasteiger partial charge in [0, 0.05) is 0 Å². The number of hydrogen-bond acceptors (Lipinski definition) is 11. The molecule has 36 heteroatoms. The molecule has 0 atom stereocenters. The summed E-state index contributed by atoms with van der Waals surface area (Å²) >= 11 is 0. The minimum absolute atomic E-state index is 0. The van der Waals surface area contributed by atoms with Crippen molar-refractivity contribution in [2.45, 2.75) is 0 Å². The molecule has 0 aliphatic rings. The van der Waals surface area contributed by atoms with Crippen LogP contribution in [0.5, 0.6) is 0 Å². The molecule has 2 rings (SSSR count). The van der Waals surface area contributed by atoms with Gasteiger partial charge in [0.2, 0.25) is 0 Å². The van der Waals surface area contributed by atoms with E-state index in [1.54, 1.807) is 12.1 Å². The molecule has 2 aromatic rings. The summed E-state index contributed by atoms with van der Waals surface area (Å²) in [7, 11) is -30.8. The van der Waals surface area contributed by atoms with Gasteiger partial charge in [-0.05, 0) is 24.3 Å². The molecule has 0 aliphatic heterocycles. The Morgan fingerprint density at radius 2 is 0.745 bits per heavy atom. The second-order valence-corrected chi connectivity index (χ2v) is 11.7. The van der Waals surface area contributed by atoms with Gasteiger partial charge in [-0.25, -0.2) is 32.4 Å². The maximum Gasteiger partial charge on any atom is 0.507 e. The normalized spacial score (nSPS) is 11.2. The van der Waals surface area contributed by atoms with Crippen LogP contribution in [0.2, 0.25) is 0 Å². The van der Waals surface area contributed by atoms with Crippen LogP contribution >= 0.6 is 59.8 Å². The summed E-state index contributed by atoms with van der Waals surface area (Å²) in [5.41, 5.74) is 12.4. The molecule has 1 aromatic carbocycles. The Morgan fingerprint density at radius 3 is 0.979 bits per heavy atom. The molecule has 280 valence electrons. The Hall–Kier alpha value is -1.66. The number of pyridine rings is 1. The first-order chi connectivity index (χ1) is 19.8. The molecule has 0 fully saturated rings. The van der Waals surface area contributed by atoms with Gasteiger partial charge in [0.25, 0.3) is 0 Å². The number of nitrogen functional groups attached to an aromatic ring is 2. The molecule has 0 unspecified atom stereocenters. The molecular weight excluding hydrogens is 825 g/mol. The van der Waals surface area contributed by atoms with Crippen molar-refractivity contribution >= 4 is 82.9 Å². The van der Waals surface area contributed by atoms with E-state index in [4.69, 9.17) is 97.6 Å². The zero-order valence-corrected chi connectivity index (χ0v) is 27.9. The molecule has 1 heterocycles. The maximum atomic E-state index is 10.4. The van der Waals surface area contributed by atoms with Crippen molar-refractivity contribution in [1.29, 1.82) is 0 Å². The topological polar surface area (TPSA) is 435 Å². The zero-order chi connectivity index (χ0) is 38.4. The van der Waals surface area contributed by atoms with Crippen molar-refractivity contribution in [3.8, 4) is 0 Å². The third kappa shape index (κ3) is 134. The van der Waals surface area contributed by atoms with Gasteiger partial charge in [0.05, 0.1) is 5.69 Å². The molecule has 0 saturated carbocycles. The van der Waals surface area contributed by atoms with Crippen molar-refractivity contribution in [1.82, 2.24) is 4.98 Å². The number of aromatic nitrogens is 1. The summed E-state index contributed by atoms with van der Waals surface area (Å²) in [6.07, 6.45) is 0. The van der Waals surface area contributed by atoms with Crippen molar-refractivity contribution in [3.05, 3.63) is 42.5 Å². The maximum absolute atomic E-state index is 10.4. The SMILES string of the molecule is Cl.Nc1ccc(N=Nc2ccccc2)c(N)n1.O=P(O)(O)F.O=P(O)(O)F.O=P(O)(O)F.O=P(O)(O)F.O=P(O)(O)F.O=P(O)(O)F. The van der Waals surface area contributed by atoms with Gasteiger partial charge in [0.1, 0.15) is 11.5 Å². The number of halogens is 7. The van der Waals surface area contributed by atoms with Crippen LogP contribution in [0, 0.1) is 0 Å². The van der Waals surface area contributed by atoms with E-state index in [1.165, 1.54) is 0 Å². The lowest BCUT2D eigenvalue weighted by molar-refractivity contribution is 0.320. The monoisotopic (exact) mass is 849 g/mol. The average Bonchev–Trinajstić information content (AvgIpc) is 2.66. The predicted molar refractivity (Wildman–Crippen MR) is 150 cm³/mol. The lowest BCUT2D eigenvalue weighted by atomic mass is 10.3. The van der Waals surface area contributed by atoms with Gasteiger partial charge < -0.3 is 11.5 Å². The van der Waals surface area contributed by atoms with Crippen molar-refractivity contribution in [2.24, 2.45) is 10.2 Å². The van der Waals surface area contributed by atoms with Crippen LogP contribution in [0.1, 0.15) is 0 Å². The highest BCUT2D eigenvalue weighted by Gasteiger charge is 2.07. The first-order valence-electron chi connectivity index (χ1n) is 9.25. The van der Waals surface area contributed by atoms with E-state index >= 15 is 0 Å². The van der Waals surface area contributed by atoms with Gasteiger partial charge in [-0.2, -0.15) is 5.11 Å². The molecule has 0 spiro atoms. The number of nitrogens with two attached hydrogens (primary N) is 2. The zero-order valence-electron chi connectivity index (χ0n) is 21.7. The molecule has 47 heavy (non-hydrogen) atoms. The van der Waals surface area contributed by atoms with E-state index in [0.717, 1.165) is 5.69 Å². The van der Waals surface area contributed by atoms with E-state index in [-0.39, 0.29) is 18.2 Å². The minimum Gasteiger partial charge on any atom is -0.384 e. The van der Waals surface area contributed by atoms with Crippen LogP contribution in [0.25, 0.3) is 0 Å². The Kier molecular flexibility index (Phi) is 32.2. The lowest BCUT2D eigenvalue weighted by Crippen LogP contribution is -1.95. The molecule has 0 saturated heterocycles. The van der Waals surface area contributed by atoms with Gasteiger partial charge in [-0.1, -0.05) is 18.2 Å². The molecule has 1 aromatic heterocycles. The largest absolute Gasteiger partial charge is 0.507 e. The van der Waals surface area contributed by atoms with E-state index in [0.29, 0.717) is 11.5 Å². The smallest absolute Gasteiger partial charge is 0.384 e. The molecule has 0 amide bonds. The lowest BCUT2D eigenvalue weighted by Gasteiger charge is -1.98. The van der Waals surface area contributed by atoms with Gasteiger partial charge >= 0.3 is 47.4 Å². The van der Waals surface area contributed by atoms with Crippen molar-refractivity contribution in [3.63, 3.8) is 0 Å². The fourth-order valence-corrected chi connectivity index (χ4v) is 1.17.